The van der Waals surface area contributed by atoms with E-state index in [9.17, 15) is 4.79 Å². The van der Waals surface area contributed by atoms with Crippen molar-refractivity contribution in [1.29, 1.82) is 0 Å². The third-order valence-corrected chi connectivity index (χ3v) is 3.21. The van der Waals surface area contributed by atoms with Crippen LogP contribution in [-0.2, 0) is 11.3 Å². The monoisotopic (exact) mass is 299 g/mol. The minimum absolute atomic E-state index is 0.167. The van der Waals surface area contributed by atoms with Crippen molar-refractivity contribution >= 4 is 17.3 Å². The van der Waals surface area contributed by atoms with Crippen molar-refractivity contribution in [3.8, 4) is 0 Å². The van der Waals surface area contributed by atoms with Crippen LogP contribution in [0.2, 0.25) is 0 Å². The van der Waals surface area contributed by atoms with E-state index in [1.807, 2.05) is 36.4 Å². The van der Waals surface area contributed by atoms with Crippen LogP contribution in [0, 0.1) is 0 Å². The van der Waals surface area contributed by atoms with E-state index >= 15 is 0 Å². The third kappa shape index (κ3) is 4.49. The Labute approximate surface area is 130 Å². The first-order valence-corrected chi connectivity index (χ1v) is 7.15. The number of carbonyl (C=O) groups is 1. The second-order valence-electron chi connectivity index (χ2n) is 4.89. The number of nitrogen functional groups attached to an aromatic ring is 1. The molecule has 0 bridgehead atoms. The Hall–Kier alpha value is -2.53. The van der Waals surface area contributed by atoms with Crippen LogP contribution < -0.4 is 16.4 Å². The summed E-state index contributed by atoms with van der Waals surface area (Å²) in [5.74, 6) is -0.167. The number of rotatable bonds is 7. The minimum Gasteiger partial charge on any atom is -0.399 e. The van der Waals surface area contributed by atoms with Gasteiger partial charge in [0.1, 0.15) is 0 Å². The van der Waals surface area contributed by atoms with Crippen molar-refractivity contribution < 1.29 is 9.53 Å². The first-order chi connectivity index (χ1) is 10.7. The molecule has 116 valence electrons. The van der Waals surface area contributed by atoms with Gasteiger partial charge in [-0.3, -0.25) is 4.79 Å². The Morgan fingerprint density at radius 1 is 1.18 bits per heavy atom. The molecule has 22 heavy (non-hydrogen) atoms. The summed E-state index contributed by atoms with van der Waals surface area (Å²) in [5.41, 5.74) is 8.79. The predicted molar refractivity (Wildman–Crippen MR) is 88.8 cm³/mol. The Balaban J connectivity index is 2.08. The summed E-state index contributed by atoms with van der Waals surface area (Å²) >= 11 is 0. The Morgan fingerprint density at radius 3 is 2.68 bits per heavy atom. The highest BCUT2D eigenvalue weighted by molar-refractivity contribution is 6.00. The smallest absolute Gasteiger partial charge is 0.253 e. The van der Waals surface area contributed by atoms with Gasteiger partial charge in [0.25, 0.3) is 5.91 Å². The Kier molecular flexibility index (Phi) is 5.80. The van der Waals surface area contributed by atoms with Gasteiger partial charge >= 0.3 is 0 Å². The Bertz CT molecular complexity index is 615. The van der Waals surface area contributed by atoms with Crippen molar-refractivity contribution in [2.75, 3.05) is 31.3 Å². The summed E-state index contributed by atoms with van der Waals surface area (Å²) in [6.45, 7) is 1.58. The molecule has 0 aliphatic heterocycles. The van der Waals surface area contributed by atoms with E-state index in [-0.39, 0.29) is 5.91 Å². The predicted octanol–water partition coefficient (Wildman–Crippen LogP) is 2.26. The second kappa shape index (κ2) is 8.05. The van der Waals surface area contributed by atoms with E-state index in [4.69, 9.17) is 10.5 Å². The minimum atomic E-state index is -0.167. The fourth-order valence-corrected chi connectivity index (χ4v) is 2.06. The van der Waals surface area contributed by atoms with Crippen LogP contribution in [0.3, 0.4) is 0 Å². The van der Waals surface area contributed by atoms with Gasteiger partial charge in [0.2, 0.25) is 0 Å². The molecular weight excluding hydrogens is 278 g/mol. The maximum atomic E-state index is 12.2. The van der Waals surface area contributed by atoms with E-state index in [0.29, 0.717) is 30.9 Å². The van der Waals surface area contributed by atoms with Crippen LogP contribution in [-0.4, -0.2) is 26.2 Å². The van der Waals surface area contributed by atoms with Crippen molar-refractivity contribution in [3.05, 3.63) is 59.7 Å². The van der Waals surface area contributed by atoms with E-state index < -0.39 is 0 Å². The first-order valence-electron chi connectivity index (χ1n) is 7.15. The molecule has 0 atom stereocenters. The average Bonchev–Trinajstić information content (AvgIpc) is 2.54. The van der Waals surface area contributed by atoms with E-state index in [1.54, 1.807) is 19.2 Å². The summed E-state index contributed by atoms with van der Waals surface area (Å²) in [6, 6.07) is 15.3. The average molecular weight is 299 g/mol. The lowest BCUT2D eigenvalue weighted by atomic mass is 10.1. The third-order valence-electron chi connectivity index (χ3n) is 3.21. The molecule has 4 N–H and O–H groups in total. The molecule has 0 aliphatic rings. The number of methoxy groups -OCH3 is 1. The van der Waals surface area contributed by atoms with E-state index in [0.717, 1.165) is 11.3 Å². The van der Waals surface area contributed by atoms with Crippen molar-refractivity contribution in [3.63, 3.8) is 0 Å². The number of hydrogen-bond donors (Lipinski definition) is 3. The lowest BCUT2D eigenvalue weighted by Gasteiger charge is -2.13. The van der Waals surface area contributed by atoms with Crippen molar-refractivity contribution in [2.24, 2.45) is 0 Å². The maximum absolute atomic E-state index is 12.2. The highest BCUT2D eigenvalue weighted by Gasteiger charge is 2.11. The molecule has 0 heterocycles. The molecule has 0 aliphatic carbocycles. The quantitative estimate of drug-likeness (QED) is 0.541. The molecular formula is C17H21N3O2. The second-order valence-corrected chi connectivity index (χ2v) is 4.89. The van der Waals surface area contributed by atoms with Gasteiger partial charge in [0.05, 0.1) is 12.2 Å². The molecule has 0 aromatic heterocycles. The zero-order valence-corrected chi connectivity index (χ0v) is 12.6. The molecule has 2 aromatic carbocycles. The number of anilines is 2. The van der Waals surface area contributed by atoms with Crippen molar-refractivity contribution in [1.82, 2.24) is 5.32 Å². The zero-order chi connectivity index (χ0) is 15.8. The number of benzene rings is 2. The van der Waals surface area contributed by atoms with Crippen LogP contribution in [0.5, 0.6) is 0 Å². The lowest BCUT2D eigenvalue weighted by Crippen LogP contribution is -2.27. The topological polar surface area (TPSA) is 76.4 Å². The molecule has 0 saturated heterocycles. The molecule has 0 spiro atoms. The van der Waals surface area contributed by atoms with Crippen LogP contribution >= 0.6 is 0 Å². The molecule has 0 saturated carbocycles. The highest BCUT2D eigenvalue weighted by atomic mass is 16.5. The summed E-state index contributed by atoms with van der Waals surface area (Å²) in [4.78, 5) is 12.2. The number of amides is 1. The molecule has 0 fully saturated rings. The molecule has 0 unspecified atom stereocenters. The molecule has 5 heteroatoms. The van der Waals surface area contributed by atoms with Crippen LogP contribution in [0.4, 0.5) is 11.4 Å². The number of ether oxygens (including phenoxy) is 1. The number of carbonyl (C=O) groups excluding carboxylic acids is 1. The Morgan fingerprint density at radius 2 is 1.95 bits per heavy atom. The molecule has 2 rings (SSSR count). The summed E-state index contributed by atoms with van der Waals surface area (Å²) < 4.78 is 4.93. The molecule has 5 nitrogen and oxygen atoms in total. The standard InChI is InChI=1S/C17H21N3O2/c1-22-10-9-19-17(21)15-11-14(18)7-8-16(15)20-12-13-5-3-2-4-6-13/h2-8,11,20H,9-10,12,18H2,1H3,(H,19,21). The van der Waals surface area contributed by atoms with Gasteiger partial charge in [-0.2, -0.15) is 0 Å². The van der Waals surface area contributed by atoms with Gasteiger partial charge in [-0.15, -0.1) is 0 Å². The van der Waals surface area contributed by atoms with Crippen LogP contribution in [0.1, 0.15) is 15.9 Å². The van der Waals surface area contributed by atoms with Gasteiger partial charge < -0.3 is 21.1 Å². The normalized spacial score (nSPS) is 10.2. The summed E-state index contributed by atoms with van der Waals surface area (Å²) in [5, 5.41) is 6.09. The first kappa shape index (κ1) is 15.9. The lowest BCUT2D eigenvalue weighted by molar-refractivity contribution is 0.0938. The molecule has 1 amide bonds. The number of nitrogens with two attached hydrogens (primary N) is 1. The van der Waals surface area contributed by atoms with Crippen molar-refractivity contribution in [2.45, 2.75) is 6.54 Å². The van der Waals surface area contributed by atoms with E-state index in [2.05, 4.69) is 10.6 Å². The number of nitrogens with one attached hydrogen (secondary N) is 2. The van der Waals surface area contributed by atoms with Crippen LogP contribution in [0.25, 0.3) is 0 Å². The number of hydrogen-bond acceptors (Lipinski definition) is 4. The molecule has 0 radical (unpaired) electrons. The summed E-state index contributed by atoms with van der Waals surface area (Å²) in [6.07, 6.45) is 0. The maximum Gasteiger partial charge on any atom is 0.253 e. The van der Waals surface area contributed by atoms with Gasteiger partial charge in [-0.25, -0.2) is 0 Å². The summed E-state index contributed by atoms with van der Waals surface area (Å²) in [7, 11) is 1.60. The molecule has 2 aromatic rings. The zero-order valence-electron chi connectivity index (χ0n) is 12.6. The van der Waals surface area contributed by atoms with Gasteiger partial charge in [-0.1, -0.05) is 30.3 Å². The van der Waals surface area contributed by atoms with Gasteiger partial charge in [0, 0.05) is 31.6 Å². The van der Waals surface area contributed by atoms with Gasteiger partial charge in [-0.05, 0) is 23.8 Å². The highest BCUT2D eigenvalue weighted by Crippen LogP contribution is 2.19. The van der Waals surface area contributed by atoms with Crippen LogP contribution in [0.15, 0.2) is 48.5 Å². The largest absolute Gasteiger partial charge is 0.399 e. The van der Waals surface area contributed by atoms with E-state index in [1.165, 1.54) is 0 Å². The SMILES string of the molecule is COCCNC(=O)c1cc(N)ccc1NCc1ccccc1. The fourth-order valence-electron chi connectivity index (χ4n) is 2.06. The fraction of sp³-hybridized carbons (Fsp3) is 0.235. The van der Waals surface area contributed by atoms with Gasteiger partial charge in [0.15, 0.2) is 0 Å².